The summed E-state index contributed by atoms with van der Waals surface area (Å²) in [6, 6.07) is 8.71. The van der Waals surface area contributed by atoms with E-state index in [1.54, 1.807) is 24.3 Å². The van der Waals surface area contributed by atoms with Crippen LogP contribution < -0.4 is 5.32 Å². The van der Waals surface area contributed by atoms with Crippen LogP contribution >= 0.6 is 11.3 Å². The number of fused-ring (bicyclic) bond motifs is 3. The molecule has 6 heteroatoms. The van der Waals surface area contributed by atoms with E-state index in [1.165, 1.54) is 11.3 Å². The van der Waals surface area contributed by atoms with Gasteiger partial charge in [0.05, 0.1) is 15.5 Å². The predicted molar refractivity (Wildman–Crippen MR) is 87.9 cm³/mol. The van der Waals surface area contributed by atoms with E-state index in [0.29, 0.717) is 21.9 Å². The quantitative estimate of drug-likeness (QED) is 0.873. The van der Waals surface area contributed by atoms with E-state index in [4.69, 9.17) is 0 Å². The first-order chi connectivity index (χ1) is 10.5. The number of hydrogen-bond acceptors (Lipinski definition) is 4. The van der Waals surface area contributed by atoms with E-state index >= 15 is 0 Å². The highest BCUT2D eigenvalue weighted by molar-refractivity contribution is 7.91. The summed E-state index contributed by atoms with van der Waals surface area (Å²) in [5.41, 5.74) is 1.44. The molecule has 2 heterocycles. The van der Waals surface area contributed by atoms with Crippen LogP contribution in [0.25, 0.3) is 10.4 Å². The normalized spacial score (nSPS) is 15.0. The molecule has 1 aliphatic heterocycles. The number of nitrogens with one attached hydrogen (secondary N) is 1. The number of carbonyl (C=O) groups excluding carboxylic acids is 1. The van der Waals surface area contributed by atoms with Crippen LogP contribution in [0.5, 0.6) is 0 Å². The molecule has 0 unspecified atom stereocenters. The molecule has 4 nitrogen and oxygen atoms in total. The van der Waals surface area contributed by atoms with Crippen molar-refractivity contribution in [2.45, 2.75) is 30.4 Å². The Morgan fingerprint density at radius 1 is 1.32 bits per heavy atom. The van der Waals surface area contributed by atoms with Gasteiger partial charge in [-0.2, -0.15) is 0 Å². The highest BCUT2D eigenvalue weighted by Crippen LogP contribution is 2.42. The van der Waals surface area contributed by atoms with Crippen molar-refractivity contribution in [3.8, 4) is 10.4 Å². The molecule has 1 N–H and O–H groups in total. The zero-order valence-electron chi connectivity index (χ0n) is 12.3. The molecule has 22 heavy (non-hydrogen) atoms. The maximum absolute atomic E-state index is 12.3. The number of hydrogen-bond donors (Lipinski definition) is 1. The lowest BCUT2D eigenvalue weighted by Gasteiger charge is -2.15. The molecule has 0 aliphatic carbocycles. The number of amides is 1. The molecule has 2 aromatic rings. The van der Waals surface area contributed by atoms with Crippen molar-refractivity contribution in [2.24, 2.45) is 0 Å². The summed E-state index contributed by atoms with van der Waals surface area (Å²) in [5.74, 6) is -0.152. The number of benzene rings is 1. The monoisotopic (exact) mass is 335 g/mol. The van der Waals surface area contributed by atoms with Crippen LogP contribution in [0.1, 0.15) is 35.0 Å². The molecule has 0 spiro atoms. The minimum atomic E-state index is -3.31. The highest BCUT2D eigenvalue weighted by Gasteiger charge is 2.30. The van der Waals surface area contributed by atoms with Crippen LogP contribution in [0.4, 0.5) is 0 Å². The van der Waals surface area contributed by atoms with Gasteiger partial charge in [-0.15, -0.1) is 11.3 Å². The summed E-state index contributed by atoms with van der Waals surface area (Å²) in [7, 11) is -3.31. The largest absolute Gasteiger partial charge is 0.351 e. The van der Waals surface area contributed by atoms with Gasteiger partial charge in [0.1, 0.15) is 0 Å². The molecular formula is C16H17NO3S2. The Morgan fingerprint density at radius 2 is 2.09 bits per heavy atom. The SMILES string of the molecule is CCCCNC(=O)c1cc2c(s1)-c1ccccc1S(=O)(=O)C2. The van der Waals surface area contributed by atoms with Crippen molar-refractivity contribution in [2.75, 3.05) is 6.54 Å². The summed E-state index contributed by atoms with van der Waals surface area (Å²) >= 11 is 1.37. The van der Waals surface area contributed by atoms with Gasteiger partial charge in [-0.05, 0) is 24.1 Å². The average Bonchev–Trinajstić information content (AvgIpc) is 2.91. The van der Waals surface area contributed by atoms with Gasteiger partial charge in [-0.1, -0.05) is 31.5 Å². The predicted octanol–water partition coefficient (Wildman–Crippen LogP) is 3.23. The molecule has 1 amide bonds. The molecule has 1 aromatic carbocycles. The van der Waals surface area contributed by atoms with Crippen molar-refractivity contribution in [1.29, 1.82) is 0 Å². The van der Waals surface area contributed by atoms with Gasteiger partial charge < -0.3 is 5.32 Å². The molecule has 0 bridgehead atoms. The fourth-order valence-corrected chi connectivity index (χ4v) is 5.43. The van der Waals surface area contributed by atoms with Gasteiger partial charge in [-0.3, -0.25) is 4.79 Å². The first kappa shape index (κ1) is 15.2. The summed E-state index contributed by atoms with van der Waals surface area (Å²) in [5, 5.41) is 2.88. The van der Waals surface area contributed by atoms with Crippen LogP contribution in [0, 0.1) is 0 Å². The molecular weight excluding hydrogens is 318 g/mol. The molecule has 0 saturated heterocycles. The van der Waals surface area contributed by atoms with Crippen molar-refractivity contribution in [3.05, 3.63) is 40.8 Å². The topological polar surface area (TPSA) is 63.2 Å². The Labute approximate surface area is 134 Å². The Hall–Kier alpha value is -1.66. The van der Waals surface area contributed by atoms with Gasteiger partial charge in [0.25, 0.3) is 5.91 Å². The van der Waals surface area contributed by atoms with Gasteiger partial charge in [0.15, 0.2) is 9.84 Å². The molecule has 0 atom stereocenters. The van der Waals surface area contributed by atoms with Crippen LogP contribution in [0.3, 0.4) is 0 Å². The van der Waals surface area contributed by atoms with E-state index in [2.05, 4.69) is 12.2 Å². The van der Waals surface area contributed by atoms with Crippen molar-refractivity contribution in [1.82, 2.24) is 5.32 Å². The van der Waals surface area contributed by atoms with Gasteiger partial charge in [0.2, 0.25) is 0 Å². The summed E-state index contributed by atoms with van der Waals surface area (Å²) in [6.45, 7) is 2.71. The number of sulfone groups is 1. The second kappa shape index (κ2) is 5.85. The Morgan fingerprint density at radius 3 is 2.86 bits per heavy atom. The Kier molecular flexibility index (Phi) is 4.06. The third-order valence-corrected chi connectivity index (χ3v) is 6.59. The van der Waals surface area contributed by atoms with Gasteiger partial charge in [0, 0.05) is 17.0 Å². The van der Waals surface area contributed by atoms with E-state index in [9.17, 15) is 13.2 Å². The molecule has 0 radical (unpaired) electrons. The average molecular weight is 335 g/mol. The third-order valence-electron chi connectivity index (χ3n) is 3.66. The van der Waals surface area contributed by atoms with E-state index in [-0.39, 0.29) is 11.7 Å². The van der Waals surface area contributed by atoms with Crippen LogP contribution in [-0.2, 0) is 15.6 Å². The fourth-order valence-electron chi connectivity index (χ4n) is 2.55. The zero-order valence-corrected chi connectivity index (χ0v) is 13.9. The summed E-state index contributed by atoms with van der Waals surface area (Å²) in [4.78, 5) is 14.0. The molecule has 1 aromatic heterocycles. The minimum Gasteiger partial charge on any atom is -0.351 e. The maximum atomic E-state index is 12.3. The molecule has 3 rings (SSSR count). The lowest BCUT2D eigenvalue weighted by molar-refractivity contribution is 0.0957. The zero-order chi connectivity index (χ0) is 15.7. The smallest absolute Gasteiger partial charge is 0.261 e. The lowest BCUT2D eigenvalue weighted by atomic mass is 10.1. The first-order valence-corrected chi connectivity index (χ1v) is 9.73. The number of carbonyl (C=O) groups is 1. The fraction of sp³-hybridized carbons (Fsp3) is 0.312. The molecule has 116 valence electrons. The first-order valence-electron chi connectivity index (χ1n) is 7.26. The second-order valence-electron chi connectivity index (χ2n) is 5.33. The lowest BCUT2D eigenvalue weighted by Crippen LogP contribution is -2.23. The standard InChI is InChI=1S/C16H17NO3S2/c1-2-3-8-17-16(18)13-9-11-10-22(19,20)14-7-5-4-6-12(14)15(11)21-13/h4-7,9H,2-3,8,10H2,1H3,(H,17,18). The minimum absolute atomic E-state index is 0.0297. The van der Waals surface area contributed by atoms with Crippen LogP contribution in [-0.4, -0.2) is 20.9 Å². The second-order valence-corrected chi connectivity index (χ2v) is 8.34. The molecule has 0 fully saturated rings. The number of rotatable bonds is 4. The summed E-state index contributed by atoms with van der Waals surface area (Å²) in [6.07, 6.45) is 1.96. The van der Waals surface area contributed by atoms with Crippen molar-refractivity contribution < 1.29 is 13.2 Å². The Bertz CT molecular complexity index is 822. The van der Waals surface area contributed by atoms with E-state index in [0.717, 1.165) is 23.3 Å². The maximum Gasteiger partial charge on any atom is 0.261 e. The van der Waals surface area contributed by atoms with Crippen molar-refractivity contribution in [3.63, 3.8) is 0 Å². The van der Waals surface area contributed by atoms with E-state index in [1.807, 2.05) is 6.07 Å². The number of thiophene rings is 1. The van der Waals surface area contributed by atoms with E-state index < -0.39 is 9.84 Å². The Balaban J connectivity index is 1.97. The van der Waals surface area contributed by atoms with Crippen LogP contribution in [0.15, 0.2) is 35.2 Å². The van der Waals surface area contributed by atoms with Gasteiger partial charge >= 0.3 is 0 Å². The molecule has 1 aliphatic rings. The molecule has 0 saturated carbocycles. The third kappa shape index (κ3) is 2.68. The summed E-state index contributed by atoms with van der Waals surface area (Å²) < 4.78 is 24.7. The number of unbranched alkanes of at least 4 members (excludes halogenated alkanes) is 1. The van der Waals surface area contributed by atoms with Gasteiger partial charge in [-0.25, -0.2) is 8.42 Å². The van der Waals surface area contributed by atoms with Crippen molar-refractivity contribution >= 4 is 27.1 Å². The van der Waals surface area contributed by atoms with Crippen LogP contribution in [0.2, 0.25) is 0 Å². The highest BCUT2D eigenvalue weighted by atomic mass is 32.2.